The highest BCUT2D eigenvalue weighted by molar-refractivity contribution is 4.99. The van der Waals surface area contributed by atoms with Gasteiger partial charge in [0.2, 0.25) is 0 Å². The number of hydrogen-bond donors (Lipinski definition) is 4. The average molecular weight is 358 g/mol. The molecular weight excluding hydrogens is 318 g/mol. The van der Waals surface area contributed by atoms with Crippen LogP contribution in [-0.2, 0) is 0 Å². The number of unbranched alkanes of at least 4 members (excludes halogenated alkanes) is 1. The lowest BCUT2D eigenvalue weighted by molar-refractivity contribution is -0.138. The summed E-state index contributed by atoms with van der Waals surface area (Å²) in [5.41, 5.74) is -0.778. The zero-order valence-corrected chi connectivity index (χ0v) is 16.1. The van der Waals surface area contributed by atoms with Crippen molar-refractivity contribution in [3.8, 4) is 0 Å². The highest BCUT2D eigenvalue weighted by Crippen LogP contribution is 2.47. The van der Waals surface area contributed by atoms with Crippen molar-refractivity contribution >= 4 is 0 Å². The molecule has 25 heavy (non-hydrogen) atoms. The number of aliphatic hydroxyl groups excluding tert-OH is 3. The van der Waals surface area contributed by atoms with Gasteiger partial charge in [0, 0.05) is 6.61 Å². The lowest BCUT2D eigenvalue weighted by Crippen LogP contribution is -2.52. The largest absolute Gasteiger partial charge is 0.396 e. The van der Waals surface area contributed by atoms with Gasteiger partial charge in [-0.15, -0.1) is 0 Å². The Balaban J connectivity index is 2.09. The standard InChI is InChI=1S/C20H39NO4/c1-21(2)12-4-3-11-20(25,16-5-7-17(23)8-6-16)19-10-9-18(24)13-15(19)14-22/h15-19,22-25H,3-14H2,1-2H3. The monoisotopic (exact) mass is 357 g/mol. The fraction of sp³-hybridized carbons (Fsp3) is 1.00. The van der Waals surface area contributed by atoms with E-state index in [2.05, 4.69) is 19.0 Å². The van der Waals surface area contributed by atoms with Crippen molar-refractivity contribution in [2.45, 2.75) is 82.0 Å². The van der Waals surface area contributed by atoms with Gasteiger partial charge in [-0.05, 0) is 103 Å². The maximum absolute atomic E-state index is 11.8. The van der Waals surface area contributed by atoms with Crippen LogP contribution < -0.4 is 0 Å². The smallest absolute Gasteiger partial charge is 0.0707 e. The highest BCUT2D eigenvalue weighted by Gasteiger charge is 2.48. The van der Waals surface area contributed by atoms with E-state index in [1.54, 1.807) is 0 Å². The molecule has 2 fully saturated rings. The normalized spacial score (nSPS) is 36.4. The first kappa shape index (κ1) is 21.1. The lowest BCUT2D eigenvalue weighted by Gasteiger charge is -2.49. The first-order chi connectivity index (χ1) is 11.9. The topological polar surface area (TPSA) is 84.2 Å². The molecule has 2 aliphatic rings. The van der Waals surface area contributed by atoms with E-state index in [9.17, 15) is 20.4 Å². The van der Waals surface area contributed by atoms with Crippen molar-refractivity contribution in [1.29, 1.82) is 0 Å². The maximum Gasteiger partial charge on any atom is 0.0707 e. The average Bonchev–Trinajstić information content (AvgIpc) is 2.58. The van der Waals surface area contributed by atoms with Gasteiger partial charge in [0.15, 0.2) is 0 Å². The molecule has 2 saturated carbocycles. The van der Waals surface area contributed by atoms with Crippen molar-refractivity contribution in [2.24, 2.45) is 17.8 Å². The van der Waals surface area contributed by atoms with Crippen LogP contribution in [0.15, 0.2) is 0 Å². The van der Waals surface area contributed by atoms with Crippen LogP contribution in [0.4, 0.5) is 0 Å². The van der Waals surface area contributed by atoms with Gasteiger partial charge in [0.1, 0.15) is 0 Å². The van der Waals surface area contributed by atoms with Gasteiger partial charge in [-0.1, -0.05) is 0 Å². The zero-order chi connectivity index (χ0) is 18.4. The maximum atomic E-state index is 11.8. The molecule has 0 radical (unpaired) electrons. The summed E-state index contributed by atoms with van der Waals surface area (Å²) in [5.74, 6) is 0.236. The molecule has 0 aliphatic heterocycles. The van der Waals surface area contributed by atoms with Crippen LogP contribution in [0.2, 0.25) is 0 Å². The Labute approximate surface area is 153 Å². The molecule has 0 saturated heterocycles. The van der Waals surface area contributed by atoms with Crippen LogP contribution >= 0.6 is 0 Å². The molecule has 5 heteroatoms. The Hall–Kier alpha value is -0.200. The van der Waals surface area contributed by atoms with E-state index < -0.39 is 5.60 Å². The Bertz CT molecular complexity index is 384. The van der Waals surface area contributed by atoms with Crippen molar-refractivity contribution in [3.05, 3.63) is 0 Å². The molecule has 4 atom stereocenters. The summed E-state index contributed by atoms with van der Waals surface area (Å²) < 4.78 is 0. The lowest BCUT2D eigenvalue weighted by atomic mass is 9.60. The van der Waals surface area contributed by atoms with E-state index in [4.69, 9.17) is 0 Å². The number of hydrogen-bond acceptors (Lipinski definition) is 5. The Kier molecular flexibility index (Phi) is 8.15. The van der Waals surface area contributed by atoms with Crippen molar-refractivity contribution < 1.29 is 20.4 Å². The third-order valence-electron chi connectivity index (χ3n) is 6.67. The first-order valence-corrected chi connectivity index (χ1v) is 10.2. The molecule has 0 heterocycles. The second-order valence-corrected chi connectivity index (χ2v) is 8.77. The molecule has 0 bridgehead atoms. The third kappa shape index (κ3) is 5.64. The molecule has 2 rings (SSSR count). The summed E-state index contributed by atoms with van der Waals surface area (Å²) in [4.78, 5) is 2.17. The molecule has 4 unspecified atom stereocenters. The van der Waals surface area contributed by atoms with Gasteiger partial charge >= 0.3 is 0 Å². The molecule has 4 N–H and O–H groups in total. The summed E-state index contributed by atoms with van der Waals surface area (Å²) >= 11 is 0. The van der Waals surface area contributed by atoms with Gasteiger partial charge in [-0.3, -0.25) is 0 Å². The summed E-state index contributed by atoms with van der Waals surface area (Å²) in [6.45, 7) is 1.06. The Morgan fingerprint density at radius 2 is 1.56 bits per heavy atom. The molecule has 5 nitrogen and oxygen atoms in total. The van der Waals surface area contributed by atoms with E-state index in [1.807, 2.05) is 0 Å². The molecule has 0 aromatic heterocycles. The van der Waals surface area contributed by atoms with Crippen LogP contribution in [0.25, 0.3) is 0 Å². The molecule has 2 aliphatic carbocycles. The minimum absolute atomic E-state index is 0.0190. The van der Waals surface area contributed by atoms with E-state index >= 15 is 0 Å². The highest BCUT2D eigenvalue weighted by atomic mass is 16.3. The van der Waals surface area contributed by atoms with Gasteiger partial charge in [0.25, 0.3) is 0 Å². The van der Waals surface area contributed by atoms with Crippen molar-refractivity contribution in [1.82, 2.24) is 4.90 Å². The SMILES string of the molecule is CN(C)CCCCC(O)(C1CCC(O)CC1)C1CCC(O)CC1CO. The second-order valence-electron chi connectivity index (χ2n) is 8.77. The predicted molar refractivity (Wildman–Crippen MR) is 99.2 cm³/mol. The van der Waals surface area contributed by atoms with Crippen LogP contribution in [0.5, 0.6) is 0 Å². The third-order valence-corrected chi connectivity index (χ3v) is 6.67. The number of aliphatic hydroxyl groups is 4. The summed E-state index contributed by atoms with van der Waals surface area (Å²) in [6, 6.07) is 0. The molecule has 0 aromatic rings. The number of rotatable bonds is 8. The Morgan fingerprint density at radius 1 is 0.920 bits per heavy atom. The van der Waals surface area contributed by atoms with Crippen LogP contribution in [-0.4, -0.2) is 70.4 Å². The van der Waals surface area contributed by atoms with Crippen LogP contribution in [0.3, 0.4) is 0 Å². The Morgan fingerprint density at radius 3 is 2.16 bits per heavy atom. The summed E-state index contributed by atoms with van der Waals surface area (Å²) in [6.07, 6.45) is 7.59. The molecule has 0 amide bonds. The molecule has 0 spiro atoms. The summed E-state index contributed by atoms with van der Waals surface area (Å²) in [5, 5.41) is 41.5. The summed E-state index contributed by atoms with van der Waals surface area (Å²) in [7, 11) is 4.14. The molecule has 148 valence electrons. The van der Waals surface area contributed by atoms with E-state index in [0.717, 1.165) is 64.3 Å². The molecular formula is C20H39NO4. The van der Waals surface area contributed by atoms with Gasteiger partial charge in [-0.2, -0.15) is 0 Å². The fourth-order valence-corrected chi connectivity index (χ4v) is 5.20. The minimum atomic E-state index is -0.778. The zero-order valence-electron chi connectivity index (χ0n) is 16.1. The quantitative estimate of drug-likeness (QED) is 0.498. The van der Waals surface area contributed by atoms with E-state index in [0.29, 0.717) is 6.42 Å². The van der Waals surface area contributed by atoms with Gasteiger partial charge < -0.3 is 25.3 Å². The fourth-order valence-electron chi connectivity index (χ4n) is 5.20. The number of nitrogens with zero attached hydrogens (tertiary/aromatic N) is 1. The minimum Gasteiger partial charge on any atom is -0.396 e. The molecule has 0 aromatic carbocycles. The van der Waals surface area contributed by atoms with E-state index in [1.165, 1.54) is 0 Å². The van der Waals surface area contributed by atoms with E-state index in [-0.39, 0.29) is 36.6 Å². The first-order valence-electron chi connectivity index (χ1n) is 10.2. The van der Waals surface area contributed by atoms with Crippen LogP contribution in [0, 0.1) is 17.8 Å². The van der Waals surface area contributed by atoms with Crippen molar-refractivity contribution in [3.63, 3.8) is 0 Å². The predicted octanol–water partition coefficient (Wildman–Crippen LogP) is 1.77. The van der Waals surface area contributed by atoms with Gasteiger partial charge in [-0.25, -0.2) is 0 Å². The second kappa shape index (κ2) is 9.65. The van der Waals surface area contributed by atoms with Gasteiger partial charge in [0.05, 0.1) is 17.8 Å². The van der Waals surface area contributed by atoms with Crippen molar-refractivity contribution in [2.75, 3.05) is 27.2 Å². The van der Waals surface area contributed by atoms with Crippen LogP contribution in [0.1, 0.15) is 64.2 Å².